The molecular formula is C13H20N2O4S. The van der Waals surface area contributed by atoms with E-state index < -0.39 is 10.0 Å². The van der Waals surface area contributed by atoms with Crippen LogP contribution in [0.1, 0.15) is 12.8 Å². The first-order valence-corrected chi connectivity index (χ1v) is 7.93. The third-order valence-corrected chi connectivity index (χ3v) is 4.82. The lowest BCUT2D eigenvalue weighted by atomic mass is 10.2. The average molecular weight is 300 g/mol. The van der Waals surface area contributed by atoms with E-state index in [-0.39, 0.29) is 17.5 Å². The summed E-state index contributed by atoms with van der Waals surface area (Å²) in [5.41, 5.74) is 5.89. The second-order valence-electron chi connectivity index (χ2n) is 4.87. The molecule has 3 N–H and O–H groups in total. The van der Waals surface area contributed by atoms with Crippen LogP contribution >= 0.6 is 0 Å². The minimum Gasteiger partial charge on any atom is -0.493 e. The van der Waals surface area contributed by atoms with Gasteiger partial charge in [0, 0.05) is 18.7 Å². The highest BCUT2D eigenvalue weighted by Gasteiger charge is 2.29. The van der Waals surface area contributed by atoms with Crippen molar-refractivity contribution in [2.24, 2.45) is 11.7 Å². The lowest BCUT2D eigenvalue weighted by Crippen LogP contribution is -2.38. The van der Waals surface area contributed by atoms with Gasteiger partial charge in [0.05, 0.1) is 19.1 Å². The largest absolute Gasteiger partial charge is 0.493 e. The Balaban J connectivity index is 2.11. The number of methoxy groups -OCH3 is 2. The molecule has 1 unspecified atom stereocenters. The molecule has 0 radical (unpaired) electrons. The fourth-order valence-corrected chi connectivity index (χ4v) is 3.05. The summed E-state index contributed by atoms with van der Waals surface area (Å²) < 4.78 is 37.1. The van der Waals surface area contributed by atoms with E-state index in [2.05, 4.69) is 4.72 Å². The molecule has 2 rings (SSSR count). The van der Waals surface area contributed by atoms with E-state index in [1.54, 1.807) is 6.07 Å². The first kappa shape index (κ1) is 15.1. The monoisotopic (exact) mass is 300 g/mol. The summed E-state index contributed by atoms with van der Waals surface area (Å²) >= 11 is 0. The van der Waals surface area contributed by atoms with E-state index in [1.165, 1.54) is 26.4 Å². The van der Waals surface area contributed by atoms with Gasteiger partial charge >= 0.3 is 0 Å². The Morgan fingerprint density at radius 1 is 1.30 bits per heavy atom. The van der Waals surface area contributed by atoms with E-state index in [1.807, 2.05) is 0 Å². The van der Waals surface area contributed by atoms with E-state index in [0.717, 1.165) is 12.8 Å². The molecular weight excluding hydrogens is 280 g/mol. The van der Waals surface area contributed by atoms with Gasteiger partial charge in [-0.15, -0.1) is 0 Å². The van der Waals surface area contributed by atoms with Gasteiger partial charge < -0.3 is 15.2 Å². The van der Waals surface area contributed by atoms with Gasteiger partial charge in [-0.1, -0.05) is 0 Å². The Hall–Kier alpha value is -1.31. The number of ether oxygens (including phenoxy) is 2. The van der Waals surface area contributed by atoms with Crippen LogP contribution in [0.4, 0.5) is 0 Å². The third-order valence-electron chi connectivity index (χ3n) is 3.40. The summed E-state index contributed by atoms with van der Waals surface area (Å²) in [4.78, 5) is 0.137. The number of hydrogen-bond donors (Lipinski definition) is 2. The maximum atomic E-state index is 12.2. The molecule has 6 nitrogen and oxygen atoms in total. The van der Waals surface area contributed by atoms with Gasteiger partial charge in [-0.2, -0.15) is 0 Å². The van der Waals surface area contributed by atoms with Crippen LogP contribution in [-0.4, -0.2) is 35.2 Å². The molecule has 1 aliphatic carbocycles. The van der Waals surface area contributed by atoms with Gasteiger partial charge in [-0.3, -0.25) is 0 Å². The lowest BCUT2D eigenvalue weighted by Gasteiger charge is -2.13. The minimum absolute atomic E-state index is 0.120. The summed E-state index contributed by atoms with van der Waals surface area (Å²) in [6, 6.07) is 4.36. The highest BCUT2D eigenvalue weighted by molar-refractivity contribution is 7.89. The van der Waals surface area contributed by atoms with Crippen molar-refractivity contribution >= 4 is 10.0 Å². The van der Waals surface area contributed by atoms with Gasteiger partial charge in [0.25, 0.3) is 0 Å². The quantitative estimate of drug-likeness (QED) is 0.774. The second kappa shape index (κ2) is 5.99. The highest BCUT2D eigenvalue weighted by Crippen LogP contribution is 2.32. The van der Waals surface area contributed by atoms with Crippen LogP contribution in [0.15, 0.2) is 23.1 Å². The molecule has 0 aromatic heterocycles. The summed E-state index contributed by atoms with van der Waals surface area (Å²) in [6.45, 7) is 0.251. The van der Waals surface area contributed by atoms with Crippen LogP contribution in [0.25, 0.3) is 0 Å². The van der Waals surface area contributed by atoms with Crippen LogP contribution in [-0.2, 0) is 10.0 Å². The van der Waals surface area contributed by atoms with Gasteiger partial charge in [-0.05, 0) is 30.9 Å². The molecule has 1 aromatic carbocycles. The Labute approximate surface area is 119 Å². The zero-order valence-electron chi connectivity index (χ0n) is 11.6. The topological polar surface area (TPSA) is 90.7 Å². The van der Waals surface area contributed by atoms with Crippen LogP contribution < -0.4 is 19.9 Å². The van der Waals surface area contributed by atoms with Crippen molar-refractivity contribution in [3.8, 4) is 11.5 Å². The average Bonchev–Trinajstić information content (AvgIpc) is 3.28. The predicted molar refractivity (Wildman–Crippen MR) is 75.4 cm³/mol. The maximum absolute atomic E-state index is 12.2. The van der Waals surface area contributed by atoms with Crippen molar-refractivity contribution in [2.75, 3.05) is 20.8 Å². The standard InChI is InChI=1S/C13H20N2O4S/c1-18-12-6-5-10(7-13(12)19-2)20(16,17)15-8-11(14)9-3-4-9/h5-7,9,11,15H,3-4,8,14H2,1-2H3. The smallest absolute Gasteiger partial charge is 0.240 e. The van der Waals surface area contributed by atoms with Gasteiger partial charge in [-0.25, -0.2) is 13.1 Å². The molecule has 1 aromatic rings. The van der Waals surface area contributed by atoms with Crippen molar-refractivity contribution < 1.29 is 17.9 Å². The van der Waals surface area contributed by atoms with Crippen molar-refractivity contribution in [1.29, 1.82) is 0 Å². The van der Waals surface area contributed by atoms with Crippen molar-refractivity contribution in [1.82, 2.24) is 4.72 Å². The Kier molecular flexibility index (Phi) is 4.52. The molecule has 20 heavy (non-hydrogen) atoms. The molecule has 7 heteroatoms. The number of rotatable bonds is 7. The summed E-state index contributed by atoms with van der Waals surface area (Å²) in [5, 5.41) is 0. The molecule has 0 bridgehead atoms. The molecule has 0 saturated heterocycles. The van der Waals surface area contributed by atoms with Gasteiger partial charge in [0.15, 0.2) is 11.5 Å². The van der Waals surface area contributed by atoms with E-state index in [4.69, 9.17) is 15.2 Å². The highest BCUT2D eigenvalue weighted by atomic mass is 32.2. The summed E-state index contributed by atoms with van der Waals surface area (Å²) in [5.74, 6) is 1.31. The summed E-state index contributed by atoms with van der Waals surface area (Å²) in [6.07, 6.45) is 2.17. The number of benzene rings is 1. The second-order valence-corrected chi connectivity index (χ2v) is 6.64. The molecule has 0 spiro atoms. The molecule has 1 fully saturated rings. The van der Waals surface area contributed by atoms with Crippen LogP contribution in [0.3, 0.4) is 0 Å². The summed E-state index contributed by atoms with van der Waals surface area (Å²) in [7, 11) is -0.622. The fraction of sp³-hybridized carbons (Fsp3) is 0.538. The number of hydrogen-bond acceptors (Lipinski definition) is 5. The van der Waals surface area contributed by atoms with E-state index in [0.29, 0.717) is 17.4 Å². The lowest BCUT2D eigenvalue weighted by molar-refractivity contribution is 0.354. The fourth-order valence-electron chi connectivity index (χ4n) is 1.96. The molecule has 1 atom stereocenters. The van der Waals surface area contributed by atoms with Crippen LogP contribution in [0.5, 0.6) is 11.5 Å². The maximum Gasteiger partial charge on any atom is 0.240 e. The first-order chi connectivity index (χ1) is 9.47. The normalized spacial score (nSPS) is 16.8. The van der Waals surface area contributed by atoms with Crippen molar-refractivity contribution in [3.63, 3.8) is 0 Å². The minimum atomic E-state index is -3.58. The zero-order chi connectivity index (χ0) is 14.8. The molecule has 0 amide bonds. The van der Waals surface area contributed by atoms with Crippen molar-refractivity contribution in [2.45, 2.75) is 23.8 Å². The molecule has 0 heterocycles. The van der Waals surface area contributed by atoms with Crippen molar-refractivity contribution in [3.05, 3.63) is 18.2 Å². The third kappa shape index (κ3) is 3.41. The van der Waals surface area contributed by atoms with Crippen LogP contribution in [0, 0.1) is 5.92 Å². The van der Waals surface area contributed by atoms with Gasteiger partial charge in [0.2, 0.25) is 10.0 Å². The number of nitrogens with one attached hydrogen (secondary N) is 1. The molecule has 1 saturated carbocycles. The zero-order valence-corrected chi connectivity index (χ0v) is 12.4. The SMILES string of the molecule is COc1ccc(S(=O)(=O)NCC(N)C2CC2)cc1OC. The molecule has 112 valence electrons. The Morgan fingerprint density at radius 3 is 2.50 bits per heavy atom. The molecule has 0 aliphatic heterocycles. The van der Waals surface area contributed by atoms with Crippen LogP contribution in [0.2, 0.25) is 0 Å². The number of nitrogens with two attached hydrogens (primary N) is 1. The molecule has 1 aliphatic rings. The first-order valence-electron chi connectivity index (χ1n) is 6.45. The van der Waals surface area contributed by atoms with E-state index >= 15 is 0 Å². The predicted octanol–water partition coefficient (Wildman–Crippen LogP) is 0.719. The van der Waals surface area contributed by atoms with Gasteiger partial charge in [0.1, 0.15) is 0 Å². The Bertz CT molecular complexity index is 570. The Morgan fingerprint density at radius 2 is 1.95 bits per heavy atom. The number of sulfonamides is 1. The van der Waals surface area contributed by atoms with E-state index in [9.17, 15) is 8.42 Å².